The molecule has 1 aromatic rings. The number of amides is 2. The van der Waals surface area contributed by atoms with E-state index in [4.69, 9.17) is 4.74 Å². The SMILES string of the molecule is CCOc1ccccc1CCNC(=O)N1CCS(=O)C(C)C1C. The number of hydrogen-bond donors (Lipinski definition) is 1. The van der Waals surface area contributed by atoms with E-state index in [-0.39, 0.29) is 17.3 Å². The first-order valence-electron chi connectivity index (χ1n) is 8.17. The number of hydrogen-bond acceptors (Lipinski definition) is 3. The summed E-state index contributed by atoms with van der Waals surface area (Å²) in [5, 5.41) is 2.99. The number of benzene rings is 1. The van der Waals surface area contributed by atoms with Crippen LogP contribution in [0.25, 0.3) is 0 Å². The van der Waals surface area contributed by atoms with Gasteiger partial charge in [0, 0.05) is 35.7 Å². The van der Waals surface area contributed by atoms with Crippen LogP contribution in [0.15, 0.2) is 24.3 Å². The topological polar surface area (TPSA) is 58.6 Å². The minimum Gasteiger partial charge on any atom is -0.494 e. The summed E-state index contributed by atoms with van der Waals surface area (Å²) in [4.78, 5) is 14.1. The maximum Gasteiger partial charge on any atom is 0.317 e. The van der Waals surface area contributed by atoms with Gasteiger partial charge < -0.3 is 15.0 Å². The average Bonchev–Trinajstić information content (AvgIpc) is 2.54. The summed E-state index contributed by atoms with van der Waals surface area (Å²) in [6.45, 7) is 7.61. The molecular weight excluding hydrogens is 312 g/mol. The predicted molar refractivity (Wildman–Crippen MR) is 93.4 cm³/mol. The molecule has 2 amide bonds. The number of urea groups is 1. The zero-order valence-electron chi connectivity index (χ0n) is 14.1. The van der Waals surface area contributed by atoms with Crippen LogP contribution in [0.1, 0.15) is 26.3 Å². The van der Waals surface area contributed by atoms with Gasteiger partial charge in [-0.25, -0.2) is 4.79 Å². The second-order valence-electron chi connectivity index (χ2n) is 5.75. The van der Waals surface area contributed by atoms with Gasteiger partial charge >= 0.3 is 6.03 Å². The van der Waals surface area contributed by atoms with Crippen molar-refractivity contribution in [3.8, 4) is 5.75 Å². The third kappa shape index (κ3) is 4.47. The van der Waals surface area contributed by atoms with Crippen LogP contribution < -0.4 is 10.1 Å². The quantitative estimate of drug-likeness (QED) is 0.895. The summed E-state index contributed by atoms with van der Waals surface area (Å²) >= 11 is 0. The molecule has 5 nitrogen and oxygen atoms in total. The standard InChI is InChI=1S/C17H26N2O3S/c1-4-22-16-8-6-5-7-15(16)9-10-18-17(20)19-11-12-23(21)14(3)13(19)2/h5-8,13-14H,4,9-12H2,1-3H3,(H,18,20). The fourth-order valence-corrected chi connectivity index (χ4v) is 4.08. The highest BCUT2D eigenvalue weighted by Gasteiger charge is 2.32. The van der Waals surface area contributed by atoms with Crippen LogP contribution in [0.4, 0.5) is 4.79 Å². The van der Waals surface area contributed by atoms with Gasteiger partial charge in [-0.2, -0.15) is 0 Å². The molecule has 1 fully saturated rings. The minimum atomic E-state index is -0.831. The van der Waals surface area contributed by atoms with Gasteiger partial charge in [-0.15, -0.1) is 0 Å². The molecule has 0 bridgehead atoms. The smallest absolute Gasteiger partial charge is 0.317 e. The maximum atomic E-state index is 12.3. The molecule has 0 aliphatic carbocycles. The molecule has 23 heavy (non-hydrogen) atoms. The van der Waals surface area contributed by atoms with Crippen molar-refractivity contribution in [2.75, 3.05) is 25.4 Å². The molecular formula is C17H26N2O3S. The Kier molecular flexibility index (Phi) is 6.45. The van der Waals surface area contributed by atoms with Gasteiger partial charge in [0.2, 0.25) is 0 Å². The number of carbonyl (C=O) groups is 1. The Hall–Kier alpha value is -1.56. The van der Waals surface area contributed by atoms with E-state index in [1.165, 1.54) is 0 Å². The summed E-state index contributed by atoms with van der Waals surface area (Å²) in [6, 6.07) is 7.82. The fraction of sp³-hybridized carbons (Fsp3) is 0.588. The Labute approximate surface area is 140 Å². The molecule has 6 heteroatoms. The van der Waals surface area contributed by atoms with E-state index < -0.39 is 10.8 Å². The monoisotopic (exact) mass is 338 g/mol. The van der Waals surface area contributed by atoms with Crippen molar-refractivity contribution in [3.05, 3.63) is 29.8 Å². The van der Waals surface area contributed by atoms with Crippen molar-refractivity contribution in [1.29, 1.82) is 0 Å². The third-order valence-corrected chi connectivity index (χ3v) is 6.13. The van der Waals surface area contributed by atoms with E-state index in [1.807, 2.05) is 45.0 Å². The van der Waals surface area contributed by atoms with E-state index in [9.17, 15) is 9.00 Å². The highest BCUT2D eigenvalue weighted by molar-refractivity contribution is 7.85. The van der Waals surface area contributed by atoms with Crippen LogP contribution in [0.3, 0.4) is 0 Å². The number of rotatable bonds is 5. The lowest BCUT2D eigenvalue weighted by molar-refractivity contribution is 0.179. The largest absolute Gasteiger partial charge is 0.494 e. The molecule has 3 unspecified atom stereocenters. The molecule has 1 aromatic carbocycles. The molecule has 2 rings (SSSR count). The third-order valence-electron chi connectivity index (χ3n) is 4.32. The molecule has 1 heterocycles. The van der Waals surface area contributed by atoms with E-state index in [0.717, 1.165) is 17.7 Å². The van der Waals surface area contributed by atoms with Gasteiger partial charge in [-0.3, -0.25) is 4.21 Å². The van der Waals surface area contributed by atoms with E-state index in [2.05, 4.69) is 5.32 Å². The molecule has 1 aliphatic rings. The summed E-state index contributed by atoms with van der Waals surface area (Å²) in [5.41, 5.74) is 1.09. The first kappa shape index (κ1) is 17.8. The van der Waals surface area contributed by atoms with Gasteiger partial charge in [0.15, 0.2) is 0 Å². The van der Waals surface area contributed by atoms with Crippen LogP contribution in [-0.2, 0) is 17.2 Å². The Morgan fingerprint density at radius 1 is 1.39 bits per heavy atom. The lowest BCUT2D eigenvalue weighted by atomic mass is 10.1. The van der Waals surface area contributed by atoms with Crippen molar-refractivity contribution < 1.29 is 13.7 Å². The zero-order chi connectivity index (χ0) is 16.8. The molecule has 1 aliphatic heterocycles. The summed E-state index contributed by atoms with van der Waals surface area (Å²) < 4.78 is 17.4. The number of nitrogens with zero attached hydrogens (tertiary/aromatic N) is 1. The molecule has 0 spiro atoms. The summed E-state index contributed by atoms with van der Waals surface area (Å²) in [6.07, 6.45) is 0.728. The van der Waals surface area contributed by atoms with Crippen molar-refractivity contribution in [2.45, 2.75) is 38.5 Å². The minimum absolute atomic E-state index is 0.000273. The van der Waals surface area contributed by atoms with Gasteiger partial charge in [0.05, 0.1) is 11.9 Å². The number of para-hydroxylation sites is 1. The van der Waals surface area contributed by atoms with Crippen LogP contribution in [0, 0.1) is 0 Å². The van der Waals surface area contributed by atoms with Crippen molar-refractivity contribution in [3.63, 3.8) is 0 Å². The van der Waals surface area contributed by atoms with Gasteiger partial charge in [0.1, 0.15) is 5.75 Å². The van der Waals surface area contributed by atoms with Crippen LogP contribution in [-0.4, -0.2) is 51.9 Å². The second-order valence-corrected chi connectivity index (χ2v) is 7.66. The number of nitrogens with one attached hydrogen (secondary N) is 1. The van der Waals surface area contributed by atoms with Gasteiger partial charge in [-0.1, -0.05) is 18.2 Å². The van der Waals surface area contributed by atoms with Crippen LogP contribution in [0.5, 0.6) is 5.75 Å². The summed E-state index contributed by atoms with van der Waals surface area (Å²) in [7, 11) is -0.831. The Morgan fingerprint density at radius 3 is 2.87 bits per heavy atom. The Morgan fingerprint density at radius 2 is 2.13 bits per heavy atom. The van der Waals surface area contributed by atoms with Gasteiger partial charge in [0.25, 0.3) is 0 Å². The molecule has 1 N–H and O–H groups in total. The maximum absolute atomic E-state index is 12.3. The predicted octanol–water partition coefficient (Wildman–Crippen LogP) is 2.18. The molecule has 0 saturated carbocycles. The molecule has 0 radical (unpaired) electrons. The normalized spacial score (nSPS) is 24.3. The summed E-state index contributed by atoms with van der Waals surface area (Å²) in [5.74, 6) is 1.44. The van der Waals surface area contributed by atoms with Crippen LogP contribution >= 0.6 is 0 Å². The molecule has 0 aromatic heterocycles. The number of ether oxygens (including phenoxy) is 1. The zero-order valence-corrected chi connectivity index (χ0v) is 14.9. The van der Waals surface area contributed by atoms with E-state index >= 15 is 0 Å². The highest BCUT2D eigenvalue weighted by Crippen LogP contribution is 2.19. The molecule has 128 valence electrons. The molecule has 1 saturated heterocycles. The average molecular weight is 338 g/mol. The first-order valence-corrected chi connectivity index (χ1v) is 9.55. The van der Waals surface area contributed by atoms with E-state index in [1.54, 1.807) is 4.90 Å². The first-order chi connectivity index (χ1) is 11.0. The molecule has 3 atom stereocenters. The Bertz CT molecular complexity index is 565. The van der Waals surface area contributed by atoms with Crippen molar-refractivity contribution in [2.24, 2.45) is 0 Å². The lowest BCUT2D eigenvalue weighted by Gasteiger charge is -2.37. The second kappa shape index (κ2) is 8.34. The number of carbonyl (C=O) groups excluding carboxylic acids is 1. The Balaban J connectivity index is 1.87. The van der Waals surface area contributed by atoms with E-state index in [0.29, 0.717) is 25.4 Å². The van der Waals surface area contributed by atoms with Gasteiger partial charge in [-0.05, 0) is 38.8 Å². The van der Waals surface area contributed by atoms with Crippen LogP contribution in [0.2, 0.25) is 0 Å². The van der Waals surface area contributed by atoms with Crippen molar-refractivity contribution >= 4 is 16.8 Å². The lowest BCUT2D eigenvalue weighted by Crippen LogP contribution is -2.55. The van der Waals surface area contributed by atoms with Crippen molar-refractivity contribution in [1.82, 2.24) is 10.2 Å². The highest BCUT2D eigenvalue weighted by atomic mass is 32.2. The fourth-order valence-electron chi connectivity index (χ4n) is 2.75.